The van der Waals surface area contributed by atoms with Crippen LogP contribution in [0.1, 0.15) is 11.1 Å². The van der Waals surface area contributed by atoms with E-state index in [1.807, 2.05) is 12.3 Å². The molecule has 0 aliphatic heterocycles. The minimum absolute atomic E-state index is 0.0263. The third-order valence-electron chi connectivity index (χ3n) is 2.73. The van der Waals surface area contributed by atoms with E-state index in [-0.39, 0.29) is 12.6 Å². The Morgan fingerprint density at radius 1 is 1.47 bits per heavy atom. The third-order valence-corrected chi connectivity index (χ3v) is 2.73. The molecule has 1 aromatic heterocycles. The first-order valence-corrected chi connectivity index (χ1v) is 5.14. The number of nitrogens with two attached hydrogens (primary N) is 1. The molecule has 0 saturated carbocycles. The number of benzene rings is 1. The maximum atomic E-state index is 8.93. The van der Waals surface area contributed by atoms with Gasteiger partial charge in [0.25, 0.3) is 0 Å². The molecule has 0 aliphatic carbocycles. The van der Waals surface area contributed by atoms with Crippen LogP contribution in [0.2, 0.25) is 0 Å². The van der Waals surface area contributed by atoms with Crippen molar-refractivity contribution in [2.75, 3.05) is 6.61 Å². The molecule has 80 valence electrons. The number of fused-ring (bicyclic) bond motifs is 1. The molecule has 0 fully saturated rings. The lowest BCUT2D eigenvalue weighted by Gasteiger charge is -2.06. The molecular formula is C12H16N2O. The average Bonchev–Trinajstić information content (AvgIpc) is 2.63. The van der Waals surface area contributed by atoms with E-state index in [1.165, 1.54) is 16.5 Å². The van der Waals surface area contributed by atoms with Crippen molar-refractivity contribution < 1.29 is 5.11 Å². The summed E-state index contributed by atoms with van der Waals surface area (Å²) in [6.07, 6.45) is 2.69. The number of aromatic amines is 1. The normalized spacial score (nSPS) is 13.3. The summed E-state index contributed by atoms with van der Waals surface area (Å²) in [6.45, 7) is 2.10. The molecule has 0 radical (unpaired) electrons. The van der Waals surface area contributed by atoms with E-state index in [0.29, 0.717) is 6.42 Å². The summed E-state index contributed by atoms with van der Waals surface area (Å²) in [7, 11) is 0. The average molecular weight is 204 g/mol. The van der Waals surface area contributed by atoms with Crippen molar-refractivity contribution in [2.45, 2.75) is 19.4 Å². The molecule has 3 heteroatoms. The second-order valence-corrected chi connectivity index (χ2v) is 3.96. The molecule has 0 saturated heterocycles. The lowest BCUT2D eigenvalue weighted by molar-refractivity contribution is 0.265. The zero-order chi connectivity index (χ0) is 10.8. The minimum atomic E-state index is -0.176. The number of H-pyrrole nitrogens is 1. The summed E-state index contributed by atoms with van der Waals surface area (Å²) < 4.78 is 0. The third kappa shape index (κ3) is 1.89. The van der Waals surface area contributed by atoms with Gasteiger partial charge in [0.05, 0.1) is 6.61 Å². The molecule has 3 nitrogen and oxygen atoms in total. The Labute approximate surface area is 88.9 Å². The molecule has 0 unspecified atom stereocenters. The highest BCUT2D eigenvalue weighted by Gasteiger charge is 2.08. The van der Waals surface area contributed by atoms with Crippen LogP contribution < -0.4 is 5.73 Å². The van der Waals surface area contributed by atoms with Gasteiger partial charge in [0.15, 0.2) is 0 Å². The summed E-state index contributed by atoms with van der Waals surface area (Å²) in [5.41, 5.74) is 9.30. The Morgan fingerprint density at radius 3 is 3.00 bits per heavy atom. The van der Waals surface area contributed by atoms with Crippen molar-refractivity contribution in [3.63, 3.8) is 0 Å². The molecule has 1 aromatic carbocycles. The van der Waals surface area contributed by atoms with Crippen LogP contribution in [0.4, 0.5) is 0 Å². The highest BCUT2D eigenvalue weighted by atomic mass is 16.3. The zero-order valence-electron chi connectivity index (χ0n) is 8.83. The van der Waals surface area contributed by atoms with Gasteiger partial charge in [-0.1, -0.05) is 18.2 Å². The van der Waals surface area contributed by atoms with Gasteiger partial charge in [0.1, 0.15) is 0 Å². The van der Waals surface area contributed by atoms with Crippen molar-refractivity contribution in [1.29, 1.82) is 0 Å². The van der Waals surface area contributed by atoms with Gasteiger partial charge in [-0.3, -0.25) is 0 Å². The van der Waals surface area contributed by atoms with Gasteiger partial charge in [-0.05, 0) is 24.5 Å². The maximum absolute atomic E-state index is 8.93. The molecule has 0 aliphatic rings. The number of aryl methyl sites for hydroxylation is 1. The van der Waals surface area contributed by atoms with E-state index in [1.54, 1.807) is 0 Å². The molecule has 2 rings (SSSR count). The van der Waals surface area contributed by atoms with Crippen LogP contribution >= 0.6 is 0 Å². The summed E-state index contributed by atoms with van der Waals surface area (Å²) in [4.78, 5) is 3.25. The van der Waals surface area contributed by atoms with Crippen LogP contribution in [0.3, 0.4) is 0 Å². The van der Waals surface area contributed by atoms with E-state index in [2.05, 4.69) is 24.0 Å². The molecule has 4 N–H and O–H groups in total. The van der Waals surface area contributed by atoms with E-state index in [4.69, 9.17) is 10.8 Å². The smallest absolute Gasteiger partial charge is 0.0585 e. The molecule has 2 aromatic rings. The van der Waals surface area contributed by atoms with E-state index in [9.17, 15) is 0 Å². The lowest BCUT2D eigenvalue weighted by Crippen LogP contribution is -2.26. The van der Waals surface area contributed by atoms with Crippen molar-refractivity contribution in [1.82, 2.24) is 4.98 Å². The highest BCUT2D eigenvalue weighted by molar-refractivity contribution is 5.85. The SMILES string of the molecule is Cc1cccc2c(C[C@H](N)CO)c[nH]c12. The molecule has 1 heterocycles. The minimum Gasteiger partial charge on any atom is -0.395 e. The number of aromatic nitrogens is 1. The van der Waals surface area contributed by atoms with Gasteiger partial charge in [-0.2, -0.15) is 0 Å². The molecule has 0 spiro atoms. The van der Waals surface area contributed by atoms with Crippen molar-refractivity contribution in [3.05, 3.63) is 35.5 Å². The quantitative estimate of drug-likeness (QED) is 0.706. The Morgan fingerprint density at radius 2 is 2.27 bits per heavy atom. The van der Waals surface area contributed by atoms with Crippen LogP contribution in [0.25, 0.3) is 10.9 Å². The summed E-state index contributed by atoms with van der Waals surface area (Å²) in [5, 5.41) is 10.1. The van der Waals surface area contributed by atoms with Crippen LogP contribution in [-0.2, 0) is 6.42 Å². The van der Waals surface area contributed by atoms with E-state index in [0.717, 1.165) is 5.52 Å². The molecule has 0 amide bonds. The summed E-state index contributed by atoms with van der Waals surface area (Å²) >= 11 is 0. The molecular weight excluding hydrogens is 188 g/mol. The number of aliphatic hydroxyl groups excluding tert-OH is 1. The maximum Gasteiger partial charge on any atom is 0.0585 e. The van der Waals surface area contributed by atoms with Gasteiger partial charge in [-0.15, -0.1) is 0 Å². The van der Waals surface area contributed by atoms with Crippen LogP contribution in [0.15, 0.2) is 24.4 Å². The van der Waals surface area contributed by atoms with Crippen LogP contribution in [0.5, 0.6) is 0 Å². The number of nitrogens with one attached hydrogen (secondary N) is 1. The van der Waals surface area contributed by atoms with E-state index >= 15 is 0 Å². The van der Waals surface area contributed by atoms with Crippen LogP contribution in [-0.4, -0.2) is 22.7 Å². The summed E-state index contributed by atoms with van der Waals surface area (Å²) in [6, 6.07) is 6.02. The first kappa shape index (κ1) is 10.2. The monoisotopic (exact) mass is 204 g/mol. The number of hydrogen-bond donors (Lipinski definition) is 3. The van der Waals surface area contributed by atoms with Gasteiger partial charge < -0.3 is 15.8 Å². The fourth-order valence-electron chi connectivity index (χ4n) is 1.88. The largest absolute Gasteiger partial charge is 0.395 e. The summed E-state index contributed by atoms with van der Waals surface area (Å²) in [5.74, 6) is 0. The Bertz CT molecular complexity index is 462. The Hall–Kier alpha value is -1.32. The first-order chi connectivity index (χ1) is 7.22. The zero-order valence-corrected chi connectivity index (χ0v) is 8.83. The number of rotatable bonds is 3. The number of hydrogen-bond acceptors (Lipinski definition) is 2. The number of para-hydroxylation sites is 1. The fraction of sp³-hybridized carbons (Fsp3) is 0.333. The molecule has 15 heavy (non-hydrogen) atoms. The van der Waals surface area contributed by atoms with Crippen molar-refractivity contribution in [2.24, 2.45) is 5.73 Å². The Balaban J connectivity index is 2.41. The van der Waals surface area contributed by atoms with Gasteiger partial charge in [0, 0.05) is 23.1 Å². The second-order valence-electron chi connectivity index (χ2n) is 3.96. The van der Waals surface area contributed by atoms with Crippen molar-refractivity contribution in [3.8, 4) is 0 Å². The predicted octanol–water partition coefficient (Wildman–Crippen LogP) is 1.34. The highest BCUT2D eigenvalue weighted by Crippen LogP contribution is 2.21. The standard InChI is InChI=1S/C12H16N2O/c1-8-3-2-4-11-9(5-10(13)7-15)6-14-12(8)11/h2-4,6,10,14-15H,5,7,13H2,1H3/t10-/m0/s1. The lowest BCUT2D eigenvalue weighted by atomic mass is 10.0. The Kier molecular flexibility index (Phi) is 2.75. The number of aliphatic hydroxyl groups is 1. The van der Waals surface area contributed by atoms with Crippen molar-refractivity contribution >= 4 is 10.9 Å². The van der Waals surface area contributed by atoms with Gasteiger partial charge >= 0.3 is 0 Å². The fourth-order valence-corrected chi connectivity index (χ4v) is 1.88. The van der Waals surface area contributed by atoms with Crippen LogP contribution in [0, 0.1) is 6.92 Å². The first-order valence-electron chi connectivity index (χ1n) is 5.14. The topological polar surface area (TPSA) is 62.0 Å². The van der Waals surface area contributed by atoms with E-state index < -0.39 is 0 Å². The predicted molar refractivity (Wildman–Crippen MR) is 61.8 cm³/mol. The van der Waals surface area contributed by atoms with Gasteiger partial charge in [0.2, 0.25) is 0 Å². The van der Waals surface area contributed by atoms with Gasteiger partial charge in [-0.25, -0.2) is 0 Å². The second kappa shape index (κ2) is 4.04. The molecule has 0 bridgehead atoms. The molecule has 1 atom stereocenters.